The van der Waals surface area contributed by atoms with E-state index in [4.69, 9.17) is 6.58 Å². The van der Waals surface area contributed by atoms with Gasteiger partial charge in [-0.25, -0.2) is 0 Å². The van der Waals surface area contributed by atoms with Crippen LogP contribution in [0, 0.1) is 6.58 Å². The Morgan fingerprint density at radius 1 is 1.00 bits per heavy atom. The van der Waals surface area contributed by atoms with Crippen LogP contribution in [0.1, 0.15) is 0 Å². The third-order valence-corrected chi connectivity index (χ3v) is 1.90. The quantitative estimate of drug-likeness (QED) is 0.488. The molecule has 0 saturated heterocycles. The van der Waals surface area contributed by atoms with E-state index in [2.05, 4.69) is 0 Å². The van der Waals surface area contributed by atoms with Crippen LogP contribution in [-0.4, -0.2) is 5.71 Å². The third-order valence-electron chi connectivity index (χ3n) is 1.90. The maximum atomic E-state index is 9.29. The second kappa shape index (κ2) is 2.40. The van der Waals surface area contributed by atoms with Crippen LogP contribution >= 0.6 is 0 Å². The molecule has 0 bridgehead atoms. The van der Waals surface area contributed by atoms with Gasteiger partial charge in [0.2, 0.25) is 0 Å². The van der Waals surface area contributed by atoms with E-state index in [1.165, 1.54) is 0 Å². The summed E-state index contributed by atoms with van der Waals surface area (Å²) in [5.74, 6) is 0. The number of benzene rings is 1. The van der Waals surface area contributed by atoms with Crippen molar-refractivity contribution in [2.24, 2.45) is 0 Å². The van der Waals surface area contributed by atoms with E-state index < -0.39 is 0 Å². The molecule has 1 nitrogen and oxygen atoms in total. The Balaban J connectivity index is 2.87. The summed E-state index contributed by atoms with van der Waals surface area (Å²) < 4.78 is 0. The summed E-state index contributed by atoms with van der Waals surface area (Å²) in [6, 6.07) is 7.77. The molecular formula is C11H7N. The molecular weight excluding hydrogens is 146 g/mol. The Morgan fingerprint density at radius 3 is 2.25 bits per heavy atom. The molecule has 0 heterocycles. The molecule has 0 fully saturated rings. The first-order chi connectivity index (χ1) is 5.77. The molecule has 0 amide bonds. The Labute approximate surface area is 70.9 Å². The van der Waals surface area contributed by atoms with Gasteiger partial charge in [0, 0.05) is 10.4 Å². The maximum Gasteiger partial charge on any atom is 0.167 e. The van der Waals surface area contributed by atoms with Crippen molar-refractivity contribution < 1.29 is 0 Å². The standard InChI is InChI=1S/C11H7N/c1-8-6-9-4-2-3-5-10(9)7-11(8)12/h1-7H. The molecule has 1 aromatic rings. The van der Waals surface area contributed by atoms with Crippen LogP contribution in [0.5, 0.6) is 0 Å². The molecule has 0 spiro atoms. The average molecular weight is 153 g/mol. The highest BCUT2D eigenvalue weighted by molar-refractivity contribution is 6.26. The zero-order chi connectivity index (χ0) is 8.55. The Hall–Kier alpha value is -1.72. The largest absolute Gasteiger partial charge is 0.731 e. The molecule has 1 aliphatic carbocycles. The van der Waals surface area contributed by atoms with Crippen molar-refractivity contribution in [1.29, 1.82) is 0 Å². The van der Waals surface area contributed by atoms with Crippen molar-refractivity contribution in [1.82, 2.24) is 0 Å². The van der Waals surface area contributed by atoms with Gasteiger partial charge in [0.25, 0.3) is 0 Å². The highest BCUT2D eigenvalue weighted by Gasteiger charge is 2.04. The number of fused-ring (bicyclic) bond motifs is 1. The molecule has 0 atom stereocenters. The molecule has 0 saturated carbocycles. The molecule has 2 rings (SSSR count). The lowest BCUT2D eigenvalue weighted by Gasteiger charge is -2.01. The second-order valence-electron chi connectivity index (χ2n) is 2.76. The Morgan fingerprint density at radius 2 is 1.58 bits per heavy atom. The highest BCUT2D eigenvalue weighted by atomic mass is 14.4. The van der Waals surface area contributed by atoms with E-state index in [0.29, 0.717) is 5.57 Å². The molecule has 12 heavy (non-hydrogen) atoms. The number of nitrogens with zero attached hydrogens (tertiary/aromatic N) is 1. The third kappa shape index (κ3) is 0.969. The second-order valence-corrected chi connectivity index (χ2v) is 2.76. The van der Waals surface area contributed by atoms with Crippen LogP contribution in [0.4, 0.5) is 0 Å². The predicted molar refractivity (Wildman–Crippen MR) is 50.8 cm³/mol. The normalized spacial score (nSPS) is 14.6. The van der Waals surface area contributed by atoms with E-state index in [1.54, 1.807) is 12.2 Å². The van der Waals surface area contributed by atoms with E-state index >= 15 is 0 Å². The van der Waals surface area contributed by atoms with Crippen molar-refractivity contribution in [3.8, 4) is 0 Å². The summed E-state index contributed by atoms with van der Waals surface area (Å²) in [4.78, 5) is 0. The van der Waals surface area contributed by atoms with Crippen molar-refractivity contribution in [2.45, 2.75) is 0 Å². The minimum absolute atomic E-state index is 0.147. The zero-order valence-corrected chi connectivity index (χ0v) is 6.49. The smallest absolute Gasteiger partial charge is 0.167 e. The molecule has 1 heteroatoms. The molecule has 0 aromatic heterocycles. The maximum absolute atomic E-state index is 9.29. The van der Waals surface area contributed by atoms with Crippen molar-refractivity contribution in [3.05, 3.63) is 52.3 Å². The summed E-state index contributed by atoms with van der Waals surface area (Å²) in [6.45, 7) is 5.54. The summed E-state index contributed by atoms with van der Waals surface area (Å²) in [5, 5.41) is 11.3. The minimum Gasteiger partial charge on any atom is -0.731 e. The lowest BCUT2D eigenvalue weighted by Crippen LogP contribution is -2.28. The number of allylic oxidation sites excluding steroid dienone is 1. The number of rotatable bonds is 0. The molecule has 0 N–H and O–H groups in total. The van der Waals surface area contributed by atoms with Gasteiger partial charge in [-0.1, -0.05) is 18.2 Å². The van der Waals surface area contributed by atoms with Gasteiger partial charge in [0.1, 0.15) is 0 Å². The summed E-state index contributed by atoms with van der Waals surface area (Å²) in [7, 11) is 0. The fourth-order valence-corrected chi connectivity index (χ4v) is 1.25. The summed E-state index contributed by atoms with van der Waals surface area (Å²) in [6.07, 6.45) is 3.44. The molecule has 56 valence electrons. The van der Waals surface area contributed by atoms with E-state index in [0.717, 1.165) is 10.4 Å². The predicted octanol–water partition coefficient (Wildman–Crippen LogP) is 0.631. The molecule has 0 aliphatic heterocycles. The molecule has 0 unspecified atom stereocenters. The molecule has 1 aliphatic rings. The summed E-state index contributed by atoms with van der Waals surface area (Å²) >= 11 is 0. The van der Waals surface area contributed by atoms with E-state index in [-0.39, 0.29) is 5.71 Å². The minimum atomic E-state index is 0.147. The van der Waals surface area contributed by atoms with Crippen LogP contribution < -0.4 is 10.4 Å². The van der Waals surface area contributed by atoms with Gasteiger partial charge < -0.3 is 5.41 Å². The van der Waals surface area contributed by atoms with E-state index in [9.17, 15) is 5.41 Å². The SMILES string of the molecule is [CH+]=C1C=c2ccccc2=CC1=[N-]. The van der Waals surface area contributed by atoms with Gasteiger partial charge in [-0.2, -0.15) is 0 Å². The first-order valence-corrected chi connectivity index (χ1v) is 3.74. The number of hydrogen-bond donors (Lipinski definition) is 0. The lowest BCUT2D eigenvalue weighted by atomic mass is 10.0. The summed E-state index contributed by atoms with van der Waals surface area (Å²) in [5.41, 5.74) is 0.572. The van der Waals surface area contributed by atoms with Gasteiger partial charge in [-0.15, -0.1) is 0 Å². The average Bonchev–Trinajstić information content (AvgIpc) is 2.07. The van der Waals surface area contributed by atoms with Crippen molar-refractivity contribution in [3.63, 3.8) is 0 Å². The first-order valence-electron chi connectivity index (χ1n) is 3.74. The van der Waals surface area contributed by atoms with Crippen LogP contribution in [0.2, 0.25) is 0 Å². The molecule has 0 radical (unpaired) electrons. The van der Waals surface area contributed by atoms with Gasteiger partial charge in [-0.05, 0) is 24.4 Å². The first kappa shape index (κ1) is 6.96. The topological polar surface area (TPSA) is 22.3 Å². The van der Waals surface area contributed by atoms with Crippen LogP contribution in [0.15, 0.2) is 29.8 Å². The Kier molecular flexibility index (Phi) is 1.39. The van der Waals surface area contributed by atoms with Crippen molar-refractivity contribution in [2.75, 3.05) is 0 Å². The van der Waals surface area contributed by atoms with E-state index in [1.807, 2.05) is 24.3 Å². The van der Waals surface area contributed by atoms with Gasteiger partial charge in [0.05, 0.1) is 6.08 Å². The molecule has 1 aromatic carbocycles. The fraction of sp³-hybridized carbons (Fsp3) is 0. The van der Waals surface area contributed by atoms with Crippen LogP contribution in [0.25, 0.3) is 17.6 Å². The van der Waals surface area contributed by atoms with Gasteiger partial charge in [-0.3, -0.25) is 0 Å². The Bertz CT molecular complexity index is 421. The highest BCUT2D eigenvalue weighted by Crippen LogP contribution is 1.98. The number of hydrogen-bond acceptors (Lipinski definition) is 0. The van der Waals surface area contributed by atoms with Gasteiger partial charge >= 0.3 is 0 Å². The van der Waals surface area contributed by atoms with Gasteiger partial charge in [0.15, 0.2) is 5.57 Å². The van der Waals surface area contributed by atoms with Crippen LogP contribution in [-0.2, 0) is 0 Å². The van der Waals surface area contributed by atoms with Crippen molar-refractivity contribution >= 4 is 17.9 Å². The fourth-order valence-electron chi connectivity index (χ4n) is 1.25. The monoisotopic (exact) mass is 153 g/mol. The lowest BCUT2D eigenvalue weighted by molar-refractivity contribution is 1.51. The zero-order valence-electron chi connectivity index (χ0n) is 6.49. The van der Waals surface area contributed by atoms with Crippen LogP contribution in [0.3, 0.4) is 0 Å².